The highest BCUT2D eigenvalue weighted by Crippen LogP contribution is 2.23. The van der Waals surface area contributed by atoms with E-state index in [2.05, 4.69) is 26.0 Å². The molecule has 154 valence electrons. The highest BCUT2D eigenvalue weighted by atomic mass is 35.5. The Kier molecular flexibility index (Phi) is 6.65. The number of aryl methyl sites for hydroxylation is 1. The number of nitrogens with zero attached hydrogens (tertiary/aromatic N) is 3. The first kappa shape index (κ1) is 20.6. The molecule has 1 aromatic carbocycles. The van der Waals surface area contributed by atoms with E-state index in [1.54, 1.807) is 19.1 Å². The largest absolute Gasteiger partial charge is 0.491 e. The molecule has 10 nitrogen and oxygen atoms in total. The quantitative estimate of drug-likeness (QED) is 0.617. The highest BCUT2D eigenvalue weighted by molar-refractivity contribution is 6.31. The van der Waals surface area contributed by atoms with Gasteiger partial charge in [0.2, 0.25) is 5.91 Å². The van der Waals surface area contributed by atoms with Gasteiger partial charge in [-0.25, -0.2) is 0 Å². The number of rotatable bonds is 1. The van der Waals surface area contributed by atoms with Crippen molar-refractivity contribution in [1.29, 1.82) is 0 Å². The molecule has 3 N–H and O–H groups in total. The van der Waals surface area contributed by atoms with E-state index in [9.17, 15) is 14.4 Å². The third-order valence-electron chi connectivity index (χ3n) is 4.30. The lowest BCUT2D eigenvalue weighted by atomic mass is 10.2. The fourth-order valence-electron chi connectivity index (χ4n) is 2.84. The zero-order chi connectivity index (χ0) is 20.8. The predicted octanol–water partition coefficient (Wildman–Crippen LogP) is 0.537. The molecule has 0 unspecified atom stereocenters. The van der Waals surface area contributed by atoms with Crippen molar-refractivity contribution in [2.75, 3.05) is 32.8 Å². The minimum atomic E-state index is -0.404. The molecular weight excluding hydrogens is 400 g/mol. The second-order valence-electron chi connectivity index (χ2n) is 6.43. The van der Waals surface area contributed by atoms with Crippen molar-refractivity contribution < 1.29 is 19.1 Å². The standard InChI is InChI=1S/C18H21ClN6O4/c1-11-16(23-24-22-11)18(28)25-7-2-5-21-17(27)13-9-12(19)3-4-14(13)29-8-6-20-15(26)10-25/h3-4,9H,2,5-8,10H2,1H3,(H,20,26)(H,21,27)(H,22,23,24). The molecule has 3 amide bonds. The first-order chi connectivity index (χ1) is 14.0. The molecule has 0 saturated carbocycles. The number of nitrogens with one attached hydrogen (secondary N) is 3. The molecule has 1 aliphatic rings. The number of H-pyrrole nitrogens is 1. The summed E-state index contributed by atoms with van der Waals surface area (Å²) in [6.45, 7) is 2.45. The van der Waals surface area contributed by atoms with Crippen LogP contribution in [0.4, 0.5) is 0 Å². The molecule has 11 heteroatoms. The summed E-state index contributed by atoms with van der Waals surface area (Å²) in [6, 6.07) is 4.77. The molecule has 0 aliphatic carbocycles. The number of fused-ring (bicyclic) bond motifs is 1. The Morgan fingerprint density at radius 3 is 2.79 bits per heavy atom. The van der Waals surface area contributed by atoms with Crippen LogP contribution >= 0.6 is 11.6 Å². The summed E-state index contributed by atoms with van der Waals surface area (Å²) in [5.41, 5.74) is 0.923. The number of benzene rings is 1. The summed E-state index contributed by atoms with van der Waals surface area (Å²) >= 11 is 6.00. The number of aromatic nitrogens is 3. The Morgan fingerprint density at radius 2 is 2.03 bits per heavy atom. The number of ether oxygens (including phenoxy) is 1. The van der Waals surface area contributed by atoms with Gasteiger partial charge in [0.15, 0.2) is 5.69 Å². The maximum Gasteiger partial charge on any atom is 0.276 e. The number of carbonyl (C=O) groups excluding carboxylic acids is 3. The maximum atomic E-state index is 12.7. The molecule has 0 fully saturated rings. The number of hydrogen-bond acceptors (Lipinski definition) is 6. The highest BCUT2D eigenvalue weighted by Gasteiger charge is 2.23. The van der Waals surface area contributed by atoms with Gasteiger partial charge in [-0.2, -0.15) is 15.4 Å². The van der Waals surface area contributed by atoms with Crippen molar-refractivity contribution in [3.05, 3.63) is 40.2 Å². The second kappa shape index (κ2) is 9.37. The number of carbonyl (C=O) groups is 3. The van der Waals surface area contributed by atoms with Gasteiger partial charge in [-0.1, -0.05) is 11.6 Å². The lowest BCUT2D eigenvalue weighted by molar-refractivity contribution is -0.121. The monoisotopic (exact) mass is 420 g/mol. The first-order valence-electron chi connectivity index (χ1n) is 9.09. The molecule has 1 aromatic heterocycles. The number of halogens is 1. The van der Waals surface area contributed by atoms with E-state index in [0.717, 1.165) is 0 Å². The van der Waals surface area contributed by atoms with E-state index < -0.39 is 5.91 Å². The average Bonchev–Trinajstić information content (AvgIpc) is 3.13. The summed E-state index contributed by atoms with van der Waals surface area (Å²) in [5, 5.41) is 16.0. The Balaban J connectivity index is 1.74. The SMILES string of the molecule is Cc1n[nH]nc1C(=O)N1CCCNC(=O)c2cc(Cl)ccc2OCCNC(=O)C1. The summed E-state index contributed by atoms with van der Waals surface area (Å²) in [5.74, 6) is -0.663. The van der Waals surface area contributed by atoms with Crippen LogP contribution in [0.1, 0.15) is 33.0 Å². The summed E-state index contributed by atoms with van der Waals surface area (Å²) < 4.78 is 5.62. The number of aromatic amines is 1. The Labute approximate surface area is 171 Å². The van der Waals surface area contributed by atoms with Crippen molar-refractivity contribution in [3.8, 4) is 5.75 Å². The lowest BCUT2D eigenvalue weighted by Gasteiger charge is -2.22. The molecule has 0 radical (unpaired) electrons. The maximum absolute atomic E-state index is 12.7. The van der Waals surface area contributed by atoms with Crippen LogP contribution in [0, 0.1) is 6.92 Å². The van der Waals surface area contributed by atoms with E-state index in [1.807, 2.05) is 0 Å². The van der Waals surface area contributed by atoms with Gasteiger partial charge in [0, 0.05) is 18.1 Å². The van der Waals surface area contributed by atoms with Crippen LogP contribution in [0.3, 0.4) is 0 Å². The molecule has 2 aromatic rings. The van der Waals surface area contributed by atoms with Crippen LogP contribution in [-0.4, -0.2) is 70.8 Å². The van der Waals surface area contributed by atoms with Crippen LogP contribution < -0.4 is 15.4 Å². The number of hydrogen-bond donors (Lipinski definition) is 3. The molecule has 2 heterocycles. The molecular formula is C18H21ClN6O4. The third-order valence-corrected chi connectivity index (χ3v) is 4.54. The van der Waals surface area contributed by atoms with Gasteiger partial charge in [0.05, 0.1) is 24.3 Å². The third kappa shape index (κ3) is 5.23. The van der Waals surface area contributed by atoms with Crippen LogP contribution in [0.5, 0.6) is 5.75 Å². The summed E-state index contributed by atoms with van der Waals surface area (Å²) in [4.78, 5) is 38.9. The van der Waals surface area contributed by atoms with Gasteiger partial charge in [-0.05, 0) is 31.5 Å². The van der Waals surface area contributed by atoms with E-state index in [1.165, 1.54) is 11.0 Å². The smallest absolute Gasteiger partial charge is 0.276 e. The van der Waals surface area contributed by atoms with Crippen LogP contribution in [0.2, 0.25) is 5.02 Å². The molecule has 29 heavy (non-hydrogen) atoms. The molecule has 3 rings (SSSR count). The van der Waals surface area contributed by atoms with Crippen LogP contribution in [-0.2, 0) is 4.79 Å². The van der Waals surface area contributed by atoms with Crippen molar-refractivity contribution in [1.82, 2.24) is 30.9 Å². The Hall–Kier alpha value is -3.14. The predicted molar refractivity (Wildman–Crippen MR) is 104 cm³/mol. The van der Waals surface area contributed by atoms with Crippen molar-refractivity contribution in [3.63, 3.8) is 0 Å². The average molecular weight is 421 g/mol. The van der Waals surface area contributed by atoms with Gasteiger partial charge in [0.1, 0.15) is 12.4 Å². The lowest BCUT2D eigenvalue weighted by Crippen LogP contribution is -2.43. The van der Waals surface area contributed by atoms with Gasteiger partial charge >= 0.3 is 0 Å². The van der Waals surface area contributed by atoms with E-state index in [-0.39, 0.29) is 43.7 Å². The summed E-state index contributed by atoms with van der Waals surface area (Å²) in [7, 11) is 0. The molecule has 0 saturated heterocycles. The fourth-order valence-corrected chi connectivity index (χ4v) is 3.01. The van der Waals surface area contributed by atoms with Gasteiger partial charge < -0.3 is 20.3 Å². The first-order valence-corrected chi connectivity index (χ1v) is 9.47. The van der Waals surface area contributed by atoms with Gasteiger partial charge in [-0.3, -0.25) is 14.4 Å². The van der Waals surface area contributed by atoms with Crippen molar-refractivity contribution >= 4 is 29.3 Å². The van der Waals surface area contributed by atoms with Crippen LogP contribution in [0.25, 0.3) is 0 Å². The second-order valence-corrected chi connectivity index (χ2v) is 6.87. The Morgan fingerprint density at radius 1 is 1.21 bits per heavy atom. The van der Waals surface area contributed by atoms with Crippen LogP contribution in [0.15, 0.2) is 18.2 Å². The minimum Gasteiger partial charge on any atom is -0.491 e. The topological polar surface area (TPSA) is 129 Å². The zero-order valence-corrected chi connectivity index (χ0v) is 16.6. The van der Waals surface area contributed by atoms with E-state index in [4.69, 9.17) is 16.3 Å². The van der Waals surface area contributed by atoms with E-state index >= 15 is 0 Å². The summed E-state index contributed by atoms with van der Waals surface area (Å²) in [6.07, 6.45) is 0.443. The minimum absolute atomic E-state index is 0.134. The van der Waals surface area contributed by atoms with E-state index in [0.29, 0.717) is 35.0 Å². The fraction of sp³-hybridized carbons (Fsp3) is 0.389. The zero-order valence-electron chi connectivity index (χ0n) is 15.8. The van der Waals surface area contributed by atoms with Crippen molar-refractivity contribution in [2.24, 2.45) is 0 Å². The van der Waals surface area contributed by atoms with Gasteiger partial charge in [0.25, 0.3) is 11.8 Å². The molecule has 1 aliphatic heterocycles. The molecule has 0 atom stereocenters. The molecule has 0 bridgehead atoms. The Bertz CT molecular complexity index is 916. The normalized spacial score (nSPS) is 16.1. The van der Waals surface area contributed by atoms with Gasteiger partial charge in [-0.15, -0.1) is 0 Å². The molecule has 0 spiro atoms. The number of amides is 3. The van der Waals surface area contributed by atoms with Crippen molar-refractivity contribution in [2.45, 2.75) is 13.3 Å².